The van der Waals surface area contributed by atoms with Gasteiger partial charge >= 0.3 is 12.0 Å². The van der Waals surface area contributed by atoms with Crippen molar-refractivity contribution in [3.05, 3.63) is 28.8 Å². The summed E-state index contributed by atoms with van der Waals surface area (Å²) in [4.78, 5) is 22.9. The zero-order chi connectivity index (χ0) is 16.0. The molecule has 0 aliphatic rings. The Labute approximate surface area is 125 Å². The van der Waals surface area contributed by atoms with E-state index in [4.69, 9.17) is 5.11 Å². The molecule has 0 aliphatic carbocycles. The molecule has 0 aliphatic heterocycles. The van der Waals surface area contributed by atoms with Gasteiger partial charge in [0, 0.05) is 11.7 Å². The van der Waals surface area contributed by atoms with Gasteiger partial charge in [-0.3, -0.25) is 4.79 Å². The molecule has 1 unspecified atom stereocenters. The molecule has 0 aromatic heterocycles. The number of carbonyl (C=O) groups is 2. The first-order chi connectivity index (χ1) is 9.83. The van der Waals surface area contributed by atoms with Gasteiger partial charge in [0.15, 0.2) is 0 Å². The van der Waals surface area contributed by atoms with Crippen molar-refractivity contribution in [2.45, 2.75) is 53.0 Å². The summed E-state index contributed by atoms with van der Waals surface area (Å²) in [5, 5.41) is 14.4. The number of anilines is 1. The van der Waals surface area contributed by atoms with Crippen LogP contribution < -0.4 is 10.6 Å². The van der Waals surface area contributed by atoms with Crippen molar-refractivity contribution in [2.24, 2.45) is 0 Å². The monoisotopic (exact) mass is 292 g/mol. The maximum absolute atomic E-state index is 12.1. The SMILES string of the molecule is CCCC(CC(=O)O)NC(=O)Nc1c(C)cc(C)cc1C. The van der Waals surface area contributed by atoms with Crippen LogP contribution in [-0.2, 0) is 4.79 Å². The van der Waals surface area contributed by atoms with E-state index in [0.717, 1.165) is 28.8 Å². The number of aliphatic carboxylic acids is 1. The molecule has 1 aromatic rings. The van der Waals surface area contributed by atoms with Gasteiger partial charge in [-0.1, -0.05) is 31.0 Å². The maximum atomic E-state index is 12.1. The van der Waals surface area contributed by atoms with E-state index < -0.39 is 5.97 Å². The van der Waals surface area contributed by atoms with E-state index in [1.54, 1.807) is 0 Å². The number of carbonyl (C=O) groups excluding carboxylic acids is 1. The van der Waals surface area contributed by atoms with Gasteiger partial charge in [-0.15, -0.1) is 0 Å². The normalized spacial score (nSPS) is 11.8. The molecule has 5 heteroatoms. The number of hydrogen-bond donors (Lipinski definition) is 3. The van der Waals surface area contributed by atoms with Crippen molar-refractivity contribution >= 4 is 17.7 Å². The number of carboxylic acids is 1. The van der Waals surface area contributed by atoms with Crippen LogP contribution in [0.3, 0.4) is 0 Å². The number of benzene rings is 1. The fourth-order valence-corrected chi connectivity index (χ4v) is 2.50. The Kier molecular flexibility index (Phi) is 6.21. The smallest absolute Gasteiger partial charge is 0.319 e. The highest BCUT2D eigenvalue weighted by Gasteiger charge is 2.16. The number of carboxylic acid groups (broad SMARTS) is 1. The van der Waals surface area contributed by atoms with Gasteiger partial charge in [-0.2, -0.15) is 0 Å². The molecule has 0 spiro atoms. The Bertz CT molecular complexity index is 503. The lowest BCUT2D eigenvalue weighted by atomic mass is 10.1. The third-order valence-corrected chi connectivity index (χ3v) is 3.31. The second kappa shape index (κ2) is 7.67. The first-order valence-electron chi connectivity index (χ1n) is 7.20. The van der Waals surface area contributed by atoms with Gasteiger partial charge < -0.3 is 15.7 Å². The zero-order valence-corrected chi connectivity index (χ0v) is 13.1. The van der Waals surface area contributed by atoms with E-state index in [-0.39, 0.29) is 18.5 Å². The standard InChI is InChI=1S/C16H24N2O3/c1-5-6-13(9-14(19)20)17-16(21)18-15-11(3)7-10(2)8-12(15)4/h7-8,13H,5-6,9H2,1-4H3,(H,19,20)(H2,17,18,21). The summed E-state index contributed by atoms with van der Waals surface area (Å²) < 4.78 is 0. The van der Waals surface area contributed by atoms with Gasteiger partial charge in [0.1, 0.15) is 0 Å². The van der Waals surface area contributed by atoms with Gasteiger partial charge in [0.25, 0.3) is 0 Å². The average Bonchev–Trinajstić information content (AvgIpc) is 2.33. The van der Waals surface area contributed by atoms with Gasteiger partial charge in [0.2, 0.25) is 0 Å². The summed E-state index contributed by atoms with van der Waals surface area (Å²) in [6, 6.07) is 3.30. The van der Waals surface area contributed by atoms with Crippen LogP contribution in [0, 0.1) is 20.8 Å². The Morgan fingerprint density at radius 3 is 2.24 bits per heavy atom. The van der Waals surface area contributed by atoms with Crippen molar-refractivity contribution in [3.8, 4) is 0 Å². The molecule has 3 N–H and O–H groups in total. The second-order valence-corrected chi connectivity index (χ2v) is 5.46. The van der Waals surface area contributed by atoms with E-state index in [2.05, 4.69) is 10.6 Å². The first kappa shape index (κ1) is 17.0. The molecule has 0 fully saturated rings. The van der Waals surface area contributed by atoms with Crippen LogP contribution in [0.4, 0.5) is 10.5 Å². The molecular weight excluding hydrogens is 268 g/mol. The molecule has 1 rings (SSSR count). The Hall–Kier alpha value is -2.04. The quantitative estimate of drug-likeness (QED) is 0.752. The van der Waals surface area contributed by atoms with Crippen molar-refractivity contribution in [3.63, 3.8) is 0 Å². The molecule has 1 atom stereocenters. The number of hydrogen-bond acceptors (Lipinski definition) is 2. The second-order valence-electron chi connectivity index (χ2n) is 5.46. The highest BCUT2D eigenvalue weighted by atomic mass is 16.4. The average molecular weight is 292 g/mol. The van der Waals surface area contributed by atoms with Crippen molar-refractivity contribution in [1.29, 1.82) is 0 Å². The summed E-state index contributed by atoms with van der Waals surface area (Å²) in [5.41, 5.74) is 3.91. The third-order valence-electron chi connectivity index (χ3n) is 3.31. The van der Waals surface area contributed by atoms with Gasteiger partial charge in [-0.05, 0) is 38.3 Å². The van der Waals surface area contributed by atoms with Gasteiger partial charge in [0.05, 0.1) is 6.42 Å². The Morgan fingerprint density at radius 1 is 1.19 bits per heavy atom. The lowest BCUT2D eigenvalue weighted by molar-refractivity contribution is -0.137. The van der Waals surface area contributed by atoms with E-state index >= 15 is 0 Å². The lowest BCUT2D eigenvalue weighted by Gasteiger charge is -2.18. The number of aryl methyl sites for hydroxylation is 3. The fourth-order valence-electron chi connectivity index (χ4n) is 2.50. The van der Waals surface area contributed by atoms with Crippen LogP contribution in [0.2, 0.25) is 0 Å². The summed E-state index contributed by atoms with van der Waals surface area (Å²) in [7, 11) is 0. The predicted molar refractivity (Wildman–Crippen MR) is 83.8 cm³/mol. The molecule has 2 amide bonds. The molecule has 0 radical (unpaired) electrons. The van der Waals surface area contributed by atoms with Crippen molar-refractivity contribution in [1.82, 2.24) is 5.32 Å². The van der Waals surface area contributed by atoms with E-state index in [0.29, 0.717) is 6.42 Å². The minimum atomic E-state index is -0.906. The highest BCUT2D eigenvalue weighted by molar-refractivity contribution is 5.91. The summed E-state index contributed by atoms with van der Waals surface area (Å²) in [5.74, 6) is -0.906. The van der Waals surface area contributed by atoms with E-state index in [1.165, 1.54) is 0 Å². The van der Waals surface area contributed by atoms with E-state index in [1.807, 2.05) is 39.8 Å². The fraction of sp³-hybridized carbons (Fsp3) is 0.500. The molecule has 1 aromatic carbocycles. The molecule has 5 nitrogen and oxygen atoms in total. The molecule has 116 valence electrons. The minimum Gasteiger partial charge on any atom is -0.481 e. The van der Waals surface area contributed by atoms with Gasteiger partial charge in [-0.25, -0.2) is 4.79 Å². The lowest BCUT2D eigenvalue weighted by Crippen LogP contribution is -2.39. The number of amides is 2. The first-order valence-corrected chi connectivity index (χ1v) is 7.20. The molecule has 0 heterocycles. The number of urea groups is 1. The van der Waals surface area contributed by atoms with Crippen LogP contribution in [0.5, 0.6) is 0 Å². The Balaban J connectivity index is 2.74. The number of nitrogens with one attached hydrogen (secondary N) is 2. The summed E-state index contributed by atoms with van der Waals surface area (Å²) >= 11 is 0. The molecule has 0 saturated heterocycles. The number of rotatable bonds is 6. The van der Waals surface area contributed by atoms with Crippen LogP contribution in [0.15, 0.2) is 12.1 Å². The van der Waals surface area contributed by atoms with Crippen LogP contribution >= 0.6 is 0 Å². The molecule has 0 saturated carbocycles. The minimum absolute atomic E-state index is 0.0624. The zero-order valence-electron chi connectivity index (χ0n) is 13.1. The molecule has 0 bridgehead atoms. The van der Waals surface area contributed by atoms with Crippen LogP contribution in [0.1, 0.15) is 42.9 Å². The van der Waals surface area contributed by atoms with E-state index in [9.17, 15) is 9.59 Å². The largest absolute Gasteiger partial charge is 0.481 e. The van der Waals surface area contributed by atoms with Crippen LogP contribution in [0.25, 0.3) is 0 Å². The van der Waals surface area contributed by atoms with Crippen molar-refractivity contribution < 1.29 is 14.7 Å². The Morgan fingerprint density at radius 2 is 1.76 bits per heavy atom. The maximum Gasteiger partial charge on any atom is 0.319 e. The van der Waals surface area contributed by atoms with Crippen LogP contribution in [-0.4, -0.2) is 23.1 Å². The predicted octanol–water partition coefficient (Wildman–Crippen LogP) is 3.38. The van der Waals surface area contributed by atoms with Crippen molar-refractivity contribution in [2.75, 3.05) is 5.32 Å². The highest BCUT2D eigenvalue weighted by Crippen LogP contribution is 2.21. The summed E-state index contributed by atoms with van der Waals surface area (Å²) in [6.07, 6.45) is 1.40. The molecular formula is C16H24N2O3. The topological polar surface area (TPSA) is 78.4 Å². The summed E-state index contributed by atoms with van der Waals surface area (Å²) in [6.45, 7) is 7.85. The third kappa shape index (κ3) is 5.45. The molecule has 21 heavy (non-hydrogen) atoms.